The minimum atomic E-state index is -4.64. The third-order valence-electron chi connectivity index (χ3n) is 3.70. The first-order valence-electron chi connectivity index (χ1n) is 7.49. The van der Waals surface area contributed by atoms with Crippen LogP contribution in [0.4, 0.5) is 17.6 Å². The molecule has 0 atom stereocenters. The SMILES string of the molecule is Fc1cccc(Cc2nn(-c3n[nH]c(C(F)(F)F)n3)c3cccnc23)c1. The first kappa shape index (κ1) is 16.2. The second-order valence-electron chi connectivity index (χ2n) is 5.52. The standard InChI is InChI=1S/C16H10F4N6/c17-10-4-1-3-9(7-10)8-11-13-12(5-2-6-21-13)26(25-11)15-22-14(23-24-15)16(18,19)20/h1-7H,8H2,(H,22,23,24). The van der Waals surface area contributed by atoms with Gasteiger partial charge in [0.05, 0.1) is 11.2 Å². The van der Waals surface area contributed by atoms with E-state index in [1.165, 1.54) is 16.8 Å². The van der Waals surface area contributed by atoms with Crippen LogP contribution in [0.15, 0.2) is 42.6 Å². The number of H-pyrrole nitrogens is 1. The summed E-state index contributed by atoms with van der Waals surface area (Å²) in [5.74, 6) is -1.85. The van der Waals surface area contributed by atoms with Crippen LogP contribution in [0.1, 0.15) is 17.1 Å². The lowest BCUT2D eigenvalue weighted by Gasteiger charge is -1.99. The molecule has 0 saturated carbocycles. The number of pyridine rings is 1. The van der Waals surface area contributed by atoms with Gasteiger partial charge in [0.15, 0.2) is 0 Å². The van der Waals surface area contributed by atoms with E-state index in [9.17, 15) is 17.6 Å². The van der Waals surface area contributed by atoms with Gasteiger partial charge in [0.25, 0.3) is 5.95 Å². The molecule has 26 heavy (non-hydrogen) atoms. The Balaban J connectivity index is 1.80. The number of nitrogens with one attached hydrogen (secondary N) is 1. The zero-order chi connectivity index (χ0) is 18.3. The molecular formula is C16H10F4N6. The van der Waals surface area contributed by atoms with E-state index in [2.05, 4.69) is 20.2 Å². The van der Waals surface area contributed by atoms with Gasteiger partial charge in [0.1, 0.15) is 11.3 Å². The van der Waals surface area contributed by atoms with Gasteiger partial charge in [-0.25, -0.2) is 4.39 Å². The number of hydrogen-bond acceptors (Lipinski definition) is 4. The lowest BCUT2D eigenvalue weighted by atomic mass is 10.1. The maximum atomic E-state index is 13.4. The number of alkyl halides is 3. The van der Waals surface area contributed by atoms with Crippen molar-refractivity contribution in [2.75, 3.05) is 0 Å². The van der Waals surface area contributed by atoms with Gasteiger partial charge in [-0.2, -0.15) is 27.9 Å². The molecule has 0 unspecified atom stereocenters. The van der Waals surface area contributed by atoms with Gasteiger partial charge in [-0.05, 0) is 29.8 Å². The Morgan fingerprint density at radius 2 is 1.96 bits per heavy atom. The predicted molar refractivity (Wildman–Crippen MR) is 83.0 cm³/mol. The third kappa shape index (κ3) is 2.89. The zero-order valence-electron chi connectivity index (χ0n) is 13.0. The molecule has 0 spiro atoms. The van der Waals surface area contributed by atoms with Gasteiger partial charge in [0, 0.05) is 12.6 Å². The van der Waals surface area contributed by atoms with E-state index in [1.807, 2.05) is 5.10 Å². The highest BCUT2D eigenvalue weighted by Gasteiger charge is 2.35. The Bertz CT molecular complexity index is 1080. The number of fused-ring (bicyclic) bond motifs is 1. The summed E-state index contributed by atoms with van der Waals surface area (Å²) in [6.45, 7) is 0. The van der Waals surface area contributed by atoms with E-state index in [0.717, 1.165) is 0 Å². The summed E-state index contributed by atoms with van der Waals surface area (Å²) in [6, 6.07) is 9.26. The number of aromatic nitrogens is 6. The van der Waals surface area contributed by atoms with E-state index in [1.54, 1.807) is 30.5 Å². The topological polar surface area (TPSA) is 72.3 Å². The summed E-state index contributed by atoms with van der Waals surface area (Å²) in [6.07, 6.45) is -2.84. The molecule has 0 aliphatic heterocycles. The first-order chi connectivity index (χ1) is 12.4. The molecule has 1 N–H and O–H groups in total. The van der Waals surface area contributed by atoms with E-state index in [-0.39, 0.29) is 18.2 Å². The van der Waals surface area contributed by atoms with Crippen molar-refractivity contribution in [2.24, 2.45) is 0 Å². The average Bonchev–Trinajstić information content (AvgIpc) is 3.20. The van der Waals surface area contributed by atoms with Gasteiger partial charge < -0.3 is 0 Å². The minimum absolute atomic E-state index is 0.249. The second-order valence-corrected chi connectivity index (χ2v) is 5.52. The van der Waals surface area contributed by atoms with Crippen molar-refractivity contribution in [2.45, 2.75) is 12.6 Å². The Morgan fingerprint density at radius 3 is 2.69 bits per heavy atom. The van der Waals surface area contributed by atoms with Crippen LogP contribution in [0.5, 0.6) is 0 Å². The first-order valence-corrected chi connectivity index (χ1v) is 7.49. The molecule has 0 fully saturated rings. The Morgan fingerprint density at radius 1 is 1.12 bits per heavy atom. The normalized spacial score (nSPS) is 12.0. The summed E-state index contributed by atoms with van der Waals surface area (Å²) >= 11 is 0. The molecule has 132 valence electrons. The predicted octanol–water partition coefficient (Wildman–Crippen LogP) is 3.29. The molecule has 4 aromatic rings. The summed E-state index contributed by atoms with van der Waals surface area (Å²) in [5.41, 5.74) is 2.07. The van der Waals surface area contributed by atoms with Crippen LogP contribution in [0.2, 0.25) is 0 Å². The van der Waals surface area contributed by atoms with Crippen molar-refractivity contribution < 1.29 is 17.6 Å². The van der Waals surface area contributed by atoms with Crippen molar-refractivity contribution in [3.63, 3.8) is 0 Å². The van der Waals surface area contributed by atoms with Crippen LogP contribution in [0.3, 0.4) is 0 Å². The van der Waals surface area contributed by atoms with Gasteiger partial charge in [-0.3, -0.25) is 10.1 Å². The summed E-state index contributed by atoms with van der Waals surface area (Å²) in [4.78, 5) is 7.69. The van der Waals surface area contributed by atoms with Crippen LogP contribution in [-0.4, -0.2) is 29.9 Å². The van der Waals surface area contributed by atoms with Gasteiger partial charge in [-0.15, -0.1) is 5.10 Å². The molecule has 6 nitrogen and oxygen atoms in total. The van der Waals surface area contributed by atoms with Crippen LogP contribution >= 0.6 is 0 Å². The smallest absolute Gasteiger partial charge is 0.253 e. The summed E-state index contributed by atoms with van der Waals surface area (Å²) in [5, 5.41) is 9.75. The number of hydrogen-bond donors (Lipinski definition) is 1. The molecule has 0 aliphatic carbocycles. The van der Waals surface area contributed by atoms with Crippen molar-refractivity contribution in [3.05, 3.63) is 65.5 Å². The number of benzene rings is 1. The maximum absolute atomic E-state index is 13.4. The number of rotatable bonds is 3. The molecule has 4 rings (SSSR count). The van der Waals surface area contributed by atoms with Crippen LogP contribution in [-0.2, 0) is 12.6 Å². The highest BCUT2D eigenvalue weighted by Crippen LogP contribution is 2.27. The molecule has 10 heteroatoms. The third-order valence-corrected chi connectivity index (χ3v) is 3.70. The lowest BCUT2D eigenvalue weighted by Crippen LogP contribution is -2.08. The molecule has 1 aromatic carbocycles. The molecule has 0 radical (unpaired) electrons. The minimum Gasteiger partial charge on any atom is -0.253 e. The number of aromatic amines is 1. The van der Waals surface area contributed by atoms with E-state index < -0.39 is 12.0 Å². The van der Waals surface area contributed by atoms with E-state index in [0.29, 0.717) is 22.3 Å². The quantitative estimate of drug-likeness (QED) is 0.568. The van der Waals surface area contributed by atoms with Gasteiger partial charge in [-0.1, -0.05) is 12.1 Å². The molecule has 0 bridgehead atoms. The summed E-state index contributed by atoms with van der Waals surface area (Å²) < 4.78 is 52.8. The van der Waals surface area contributed by atoms with Crippen molar-refractivity contribution in [1.29, 1.82) is 0 Å². The van der Waals surface area contributed by atoms with Crippen LogP contribution < -0.4 is 0 Å². The van der Waals surface area contributed by atoms with Gasteiger partial charge in [0.2, 0.25) is 5.82 Å². The molecule has 0 aliphatic rings. The maximum Gasteiger partial charge on any atom is 0.451 e. The fourth-order valence-electron chi connectivity index (χ4n) is 2.60. The van der Waals surface area contributed by atoms with E-state index >= 15 is 0 Å². The van der Waals surface area contributed by atoms with Crippen molar-refractivity contribution in [1.82, 2.24) is 29.9 Å². The van der Waals surface area contributed by atoms with Crippen LogP contribution in [0.25, 0.3) is 17.0 Å². The zero-order valence-corrected chi connectivity index (χ0v) is 13.0. The Labute approximate surface area is 143 Å². The Kier molecular flexibility index (Phi) is 3.67. The molecule has 0 saturated heterocycles. The number of halogens is 4. The summed E-state index contributed by atoms with van der Waals surface area (Å²) in [7, 11) is 0. The lowest BCUT2D eigenvalue weighted by molar-refractivity contribution is -0.144. The Hall–Kier alpha value is -3.30. The highest BCUT2D eigenvalue weighted by atomic mass is 19.4. The van der Waals surface area contributed by atoms with Crippen molar-refractivity contribution in [3.8, 4) is 5.95 Å². The molecular weight excluding hydrogens is 352 g/mol. The largest absolute Gasteiger partial charge is 0.451 e. The highest BCUT2D eigenvalue weighted by molar-refractivity contribution is 5.79. The molecule has 0 amide bonds. The molecule has 3 heterocycles. The average molecular weight is 362 g/mol. The van der Waals surface area contributed by atoms with Gasteiger partial charge >= 0.3 is 6.18 Å². The second kappa shape index (κ2) is 5.90. The van der Waals surface area contributed by atoms with E-state index in [4.69, 9.17) is 0 Å². The fraction of sp³-hybridized carbons (Fsp3) is 0.125. The monoisotopic (exact) mass is 362 g/mol. The fourth-order valence-corrected chi connectivity index (χ4v) is 2.60. The van der Waals surface area contributed by atoms with Crippen LogP contribution in [0, 0.1) is 5.82 Å². The van der Waals surface area contributed by atoms with Crippen molar-refractivity contribution >= 4 is 11.0 Å². The molecule has 3 aromatic heterocycles. The number of nitrogens with zero attached hydrogens (tertiary/aromatic N) is 5.